The van der Waals surface area contributed by atoms with Crippen LogP contribution in [0.4, 0.5) is 19.1 Å². The van der Waals surface area contributed by atoms with Crippen molar-refractivity contribution in [3.63, 3.8) is 0 Å². The third-order valence-electron chi connectivity index (χ3n) is 4.71. The van der Waals surface area contributed by atoms with E-state index >= 15 is 0 Å². The number of rotatable bonds is 5. The third kappa shape index (κ3) is 5.16. The van der Waals surface area contributed by atoms with Crippen LogP contribution in [-0.2, 0) is 10.9 Å². The van der Waals surface area contributed by atoms with Crippen LogP contribution in [0.1, 0.15) is 34.6 Å². The normalized spacial score (nSPS) is 17.1. The van der Waals surface area contributed by atoms with E-state index in [4.69, 9.17) is 9.47 Å². The van der Waals surface area contributed by atoms with Gasteiger partial charge >= 0.3 is 12.1 Å². The summed E-state index contributed by atoms with van der Waals surface area (Å²) < 4.78 is 49.6. The Morgan fingerprint density at radius 3 is 2.76 bits per heavy atom. The molecule has 9 heteroatoms. The summed E-state index contributed by atoms with van der Waals surface area (Å²) >= 11 is 0. The number of hydrogen-bond acceptors (Lipinski definition) is 6. The predicted molar refractivity (Wildman–Crippen MR) is 100.0 cm³/mol. The van der Waals surface area contributed by atoms with Crippen LogP contribution in [0.15, 0.2) is 30.3 Å². The van der Waals surface area contributed by atoms with Crippen LogP contribution in [0.5, 0.6) is 5.75 Å². The number of anilines is 1. The molecular weight excluding hydrogens is 387 g/mol. The number of nitrogens with zero attached hydrogens (tertiary/aromatic N) is 3. The number of benzene rings is 1. The number of para-hydroxylation sites is 1. The lowest BCUT2D eigenvalue weighted by atomic mass is 9.99. The first-order chi connectivity index (χ1) is 13.8. The Morgan fingerprint density at radius 1 is 1.28 bits per heavy atom. The van der Waals surface area contributed by atoms with Gasteiger partial charge in [-0.05, 0) is 38.0 Å². The quantitative estimate of drug-likeness (QED) is 0.699. The van der Waals surface area contributed by atoms with Crippen molar-refractivity contribution in [1.82, 2.24) is 9.97 Å². The van der Waals surface area contributed by atoms with E-state index in [0.717, 1.165) is 18.9 Å². The molecule has 1 aliphatic heterocycles. The Bertz CT molecular complexity index is 874. The van der Waals surface area contributed by atoms with Crippen molar-refractivity contribution in [3.05, 3.63) is 47.3 Å². The minimum atomic E-state index is -4.46. The Morgan fingerprint density at radius 2 is 2.03 bits per heavy atom. The van der Waals surface area contributed by atoms with Crippen LogP contribution in [-0.4, -0.2) is 42.7 Å². The minimum Gasteiger partial charge on any atom is -0.493 e. The van der Waals surface area contributed by atoms with Crippen LogP contribution < -0.4 is 9.64 Å². The van der Waals surface area contributed by atoms with Gasteiger partial charge in [-0.2, -0.15) is 13.2 Å². The van der Waals surface area contributed by atoms with Gasteiger partial charge in [0.15, 0.2) is 5.69 Å². The highest BCUT2D eigenvalue weighted by atomic mass is 19.4. The lowest BCUT2D eigenvalue weighted by Crippen LogP contribution is -2.39. The van der Waals surface area contributed by atoms with E-state index in [2.05, 4.69) is 9.97 Å². The molecule has 0 spiro atoms. The third-order valence-corrected chi connectivity index (χ3v) is 4.71. The van der Waals surface area contributed by atoms with E-state index in [1.54, 1.807) is 13.0 Å². The number of ether oxygens (including phenoxy) is 2. The second-order valence-corrected chi connectivity index (χ2v) is 6.95. The van der Waals surface area contributed by atoms with Gasteiger partial charge in [-0.3, -0.25) is 0 Å². The Labute approximate surface area is 166 Å². The maximum Gasteiger partial charge on any atom is 0.419 e. The highest BCUT2D eigenvalue weighted by molar-refractivity contribution is 5.87. The minimum absolute atomic E-state index is 0.00993. The largest absolute Gasteiger partial charge is 0.493 e. The molecule has 0 N–H and O–H groups in total. The van der Waals surface area contributed by atoms with Gasteiger partial charge in [0.1, 0.15) is 5.75 Å². The van der Waals surface area contributed by atoms with Crippen molar-refractivity contribution >= 4 is 11.9 Å². The van der Waals surface area contributed by atoms with E-state index in [-0.39, 0.29) is 24.0 Å². The van der Waals surface area contributed by atoms with E-state index in [1.807, 2.05) is 4.90 Å². The van der Waals surface area contributed by atoms with Gasteiger partial charge in [0.05, 0.1) is 19.3 Å². The van der Waals surface area contributed by atoms with Crippen molar-refractivity contribution in [1.29, 1.82) is 0 Å². The fourth-order valence-electron chi connectivity index (χ4n) is 3.32. The fourth-order valence-corrected chi connectivity index (χ4v) is 3.32. The van der Waals surface area contributed by atoms with Gasteiger partial charge in [0.2, 0.25) is 5.95 Å². The topological polar surface area (TPSA) is 64.5 Å². The van der Waals surface area contributed by atoms with Crippen molar-refractivity contribution < 1.29 is 27.4 Å². The van der Waals surface area contributed by atoms with Crippen molar-refractivity contribution in [2.45, 2.75) is 25.9 Å². The summed E-state index contributed by atoms with van der Waals surface area (Å²) in [6.45, 7) is 3.13. The maximum atomic E-state index is 13.1. The molecule has 0 amide bonds. The molecule has 0 bridgehead atoms. The fraction of sp³-hybridized carbons (Fsp3) is 0.450. The second kappa shape index (κ2) is 8.67. The van der Waals surface area contributed by atoms with E-state index in [9.17, 15) is 18.0 Å². The molecule has 2 heterocycles. The Hall–Kier alpha value is -2.84. The first kappa shape index (κ1) is 20.9. The highest BCUT2D eigenvalue weighted by Gasteiger charge is 2.34. The first-order valence-electron chi connectivity index (χ1n) is 9.26. The zero-order chi connectivity index (χ0) is 21.0. The van der Waals surface area contributed by atoms with Gasteiger partial charge < -0.3 is 14.4 Å². The molecule has 1 atom stereocenters. The molecule has 1 aliphatic rings. The molecule has 0 radical (unpaired) electrons. The predicted octanol–water partition coefficient (Wildman–Crippen LogP) is 3.89. The monoisotopic (exact) mass is 409 g/mol. The number of alkyl halides is 3. The zero-order valence-corrected chi connectivity index (χ0v) is 16.2. The molecule has 2 aromatic rings. The molecular formula is C20H22F3N3O3. The number of methoxy groups -OCH3 is 1. The molecule has 1 aromatic carbocycles. The van der Waals surface area contributed by atoms with E-state index < -0.39 is 17.7 Å². The molecule has 0 aliphatic carbocycles. The van der Waals surface area contributed by atoms with Gasteiger partial charge in [0.25, 0.3) is 0 Å². The molecule has 0 saturated carbocycles. The number of carbonyl (C=O) groups excluding carboxylic acids is 1. The average molecular weight is 409 g/mol. The lowest BCUT2D eigenvalue weighted by molar-refractivity contribution is -0.139. The number of aromatic nitrogens is 2. The summed E-state index contributed by atoms with van der Waals surface area (Å²) in [6, 6.07) is 6.75. The van der Waals surface area contributed by atoms with Crippen LogP contribution in [0.3, 0.4) is 0 Å². The summed E-state index contributed by atoms with van der Waals surface area (Å²) in [5.74, 6) is -0.296. The summed E-state index contributed by atoms with van der Waals surface area (Å²) in [6.07, 6.45) is -2.82. The second-order valence-electron chi connectivity index (χ2n) is 6.95. The molecule has 1 saturated heterocycles. The number of halogens is 3. The van der Waals surface area contributed by atoms with Gasteiger partial charge in [-0.1, -0.05) is 12.1 Å². The van der Waals surface area contributed by atoms with Gasteiger partial charge in [0, 0.05) is 24.7 Å². The summed E-state index contributed by atoms with van der Waals surface area (Å²) in [5.41, 5.74) is 0.0257. The van der Waals surface area contributed by atoms with E-state index in [1.165, 1.54) is 25.3 Å². The number of esters is 1. The van der Waals surface area contributed by atoms with Crippen LogP contribution in [0, 0.1) is 12.8 Å². The van der Waals surface area contributed by atoms with Gasteiger partial charge in [-0.25, -0.2) is 14.8 Å². The number of piperidine rings is 1. The molecule has 156 valence electrons. The number of hydrogen-bond donors (Lipinski definition) is 0. The average Bonchev–Trinajstić information content (AvgIpc) is 2.71. The van der Waals surface area contributed by atoms with E-state index in [0.29, 0.717) is 24.7 Å². The Kier molecular flexibility index (Phi) is 6.24. The van der Waals surface area contributed by atoms with Crippen LogP contribution in [0.2, 0.25) is 0 Å². The maximum absolute atomic E-state index is 13.1. The first-order valence-corrected chi connectivity index (χ1v) is 9.26. The van der Waals surface area contributed by atoms with Crippen molar-refractivity contribution in [3.8, 4) is 5.75 Å². The summed E-state index contributed by atoms with van der Waals surface area (Å²) in [7, 11) is 1.28. The highest BCUT2D eigenvalue weighted by Crippen LogP contribution is 2.36. The SMILES string of the molecule is COC(=O)c1cc(C)nc(N2CCCC(COc3ccccc3C(F)(F)F)C2)n1. The van der Waals surface area contributed by atoms with Crippen molar-refractivity contribution in [2.24, 2.45) is 5.92 Å². The van der Waals surface area contributed by atoms with Gasteiger partial charge in [-0.15, -0.1) is 0 Å². The number of aryl methyl sites for hydroxylation is 1. The van der Waals surface area contributed by atoms with Crippen LogP contribution >= 0.6 is 0 Å². The van der Waals surface area contributed by atoms with Crippen LogP contribution in [0.25, 0.3) is 0 Å². The van der Waals surface area contributed by atoms with Crippen molar-refractivity contribution in [2.75, 3.05) is 31.7 Å². The summed E-state index contributed by atoms with van der Waals surface area (Å²) in [4.78, 5) is 22.4. The standard InChI is InChI=1S/C20H22F3N3O3/c1-13-10-16(18(27)28-2)25-19(24-13)26-9-5-6-14(11-26)12-29-17-8-4-3-7-15(17)20(21,22)23/h3-4,7-8,10,14H,5-6,9,11-12H2,1-2H3. The Balaban J connectivity index is 1.70. The molecule has 1 aromatic heterocycles. The molecule has 3 rings (SSSR count). The molecule has 29 heavy (non-hydrogen) atoms. The molecule has 1 fully saturated rings. The number of carbonyl (C=O) groups is 1. The molecule has 6 nitrogen and oxygen atoms in total. The smallest absolute Gasteiger partial charge is 0.419 e. The lowest BCUT2D eigenvalue weighted by Gasteiger charge is -2.33. The zero-order valence-electron chi connectivity index (χ0n) is 16.2. The molecule has 1 unspecified atom stereocenters. The summed E-state index contributed by atoms with van der Waals surface area (Å²) in [5, 5.41) is 0.